The first-order valence-electron chi connectivity index (χ1n) is 36.7. The number of carbonyl (C=O) groups is 2. The molecule has 2 unspecified atom stereocenters. The highest BCUT2D eigenvalue weighted by molar-refractivity contribution is 7.47. The zero-order chi connectivity index (χ0) is 62.6. The van der Waals surface area contributed by atoms with Gasteiger partial charge in [-0.3, -0.25) is 18.6 Å². The summed E-state index contributed by atoms with van der Waals surface area (Å²) in [6, 6.07) is 0. The molecule has 0 aliphatic heterocycles. The zero-order valence-corrected chi connectivity index (χ0v) is 58.2. The lowest BCUT2D eigenvalue weighted by Crippen LogP contribution is -2.37. The molecule has 0 bridgehead atoms. The van der Waals surface area contributed by atoms with Crippen molar-refractivity contribution in [3.05, 3.63) is 72.9 Å². The van der Waals surface area contributed by atoms with Crippen LogP contribution < -0.4 is 0 Å². The normalized spacial score (nSPS) is 13.5. The van der Waals surface area contributed by atoms with Gasteiger partial charge in [0, 0.05) is 12.8 Å². The number of likely N-dealkylation sites (N-methyl/N-ethyl adjacent to an activating group) is 1. The van der Waals surface area contributed by atoms with E-state index < -0.39 is 26.5 Å². The Bertz CT molecular complexity index is 1680. The molecule has 0 rings (SSSR count). The summed E-state index contributed by atoms with van der Waals surface area (Å²) in [5.74, 6) is -0.792. The molecule has 0 aliphatic rings. The van der Waals surface area contributed by atoms with Crippen molar-refractivity contribution < 1.29 is 42.1 Å². The highest BCUT2D eigenvalue weighted by Crippen LogP contribution is 2.43. The van der Waals surface area contributed by atoms with Gasteiger partial charge in [-0.25, -0.2) is 4.57 Å². The molecular weight excluding hydrogens is 1090 g/mol. The lowest BCUT2D eigenvalue weighted by atomic mass is 10.0. The molecule has 86 heavy (non-hydrogen) atoms. The molecule has 0 aromatic heterocycles. The van der Waals surface area contributed by atoms with Gasteiger partial charge in [0.2, 0.25) is 0 Å². The molecule has 0 aromatic carbocycles. The van der Waals surface area contributed by atoms with E-state index in [1.54, 1.807) is 0 Å². The third-order valence-corrected chi connectivity index (χ3v) is 17.2. The molecule has 1 N–H and O–H groups in total. The van der Waals surface area contributed by atoms with Gasteiger partial charge in [0.25, 0.3) is 0 Å². The van der Waals surface area contributed by atoms with E-state index in [0.29, 0.717) is 17.4 Å². The van der Waals surface area contributed by atoms with E-state index >= 15 is 0 Å². The van der Waals surface area contributed by atoms with Crippen LogP contribution in [-0.4, -0.2) is 74.9 Å². The number of unbranched alkanes of at least 4 members (excludes halogenated alkanes) is 42. The van der Waals surface area contributed by atoms with Crippen LogP contribution in [0.25, 0.3) is 0 Å². The van der Waals surface area contributed by atoms with Gasteiger partial charge in [0.1, 0.15) is 19.8 Å². The molecule has 0 fully saturated rings. The van der Waals surface area contributed by atoms with Gasteiger partial charge in [-0.15, -0.1) is 0 Å². The number of nitrogens with zero attached hydrogens (tertiary/aromatic N) is 1. The van der Waals surface area contributed by atoms with Gasteiger partial charge in [0.05, 0.1) is 27.7 Å². The predicted octanol–water partition coefficient (Wildman–Crippen LogP) is 23.9. The van der Waals surface area contributed by atoms with Gasteiger partial charge in [-0.2, -0.15) is 0 Å². The van der Waals surface area contributed by atoms with Crippen LogP contribution in [0.2, 0.25) is 0 Å². The van der Waals surface area contributed by atoms with Crippen LogP contribution in [0.4, 0.5) is 0 Å². The summed E-state index contributed by atoms with van der Waals surface area (Å²) in [6.07, 6.45) is 90.3. The molecule has 0 aromatic rings. The molecule has 0 spiro atoms. The standard InChI is InChI=1S/C76H140NO8P/c1-6-8-10-12-14-16-18-20-22-24-26-28-30-32-33-34-35-36-37-38-39-40-41-42-43-45-46-48-50-52-54-56-58-60-62-64-66-68-75(78)82-72-74(73-84-86(80,81)83-71-70-77(3,4)5)85-76(79)69-67-65-63-61-59-57-55-53-51-49-47-44-31-29-27-25-23-21-19-17-15-13-11-9-7-2/h9,11,15,17,21,23-24,26-27,29,44,47,74H,6-8,10,12-14,16,18-20,22,25,28,30-43,45-46,48-73H2,1-5H3/p+1/b11-9-,17-15-,23-21-,26-24-,29-27-,47-44-. The molecule has 0 radical (unpaired) electrons. The number of esters is 2. The summed E-state index contributed by atoms with van der Waals surface area (Å²) in [7, 11) is 1.48. The fraction of sp³-hybridized carbons (Fsp3) is 0.816. The van der Waals surface area contributed by atoms with E-state index in [4.69, 9.17) is 18.5 Å². The van der Waals surface area contributed by atoms with E-state index in [0.717, 1.165) is 77.0 Å². The van der Waals surface area contributed by atoms with Crippen molar-refractivity contribution in [2.24, 2.45) is 0 Å². The first kappa shape index (κ1) is 83.5. The van der Waals surface area contributed by atoms with Gasteiger partial charge in [0.15, 0.2) is 6.10 Å². The van der Waals surface area contributed by atoms with Gasteiger partial charge in [-0.1, -0.05) is 324 Å². The van der Waals surface area contributed by atoms with Crippen molar-refractivity contribution in [2.45, 2.75) is 354 Å². The number of hydrogen-bond acceptors (Lipinski definition) is 7. The molecule has 502 valence electrons. The SMILES string of the molecule is CC/C=C\C/C=C\C/C=C\C/C=C\C/C=C\CCCCCCCCCCCC(=O)OC(COC(=O)CCCCCCCCCCCCCCCCCCCCCCCCCCC/C=C\CCCCCCCCCC)COP(=O)(O)OCC[N+](C)(C)C. The van der Waals surface area contributed by atoms with E-state index in [9.17, 15) is 19.0 Å². The predicted molar refractivity (Wildman–Crippen MR) is 372 cm³/mol. The third kappa shape index (κ3) is 70.5. The molecule has 0 saturated heterocycles. The highest BCUT2D eigenvalue weighted by atomic mass is 31.2. The van der Waals surface area contributed by atoms with Crippen molar-refractivity contribution in [2.75, 3.05) is 47.5 Å². The van der Waals surface area contributed by atoms with Crippen LogP contribution >= 0.6 is 7.82 Å². The van der Waals surface area contributed by atoms with Crippen LogP contribution in [0.15, 0.2) is 72.9 Å². The third-order valence-electron chi connectivity index (χ3n) is 16.2. The maximum atomic E-state index is 12.9. The van der Waals surface area contributed by atoms with Crippen LogP contribution in [0.3, 0.4) is 0 Å². The molecular formula is C76H141NO8P+. The maximum Gasteiger partial charge on any atom is 0.472 e. The summed E-state index contributed by atoms with van der Waals surface area (Å²) in [4.78, 5) is 35.9. The second-order valence-corrected chi connectivity index (χ2v) is 27.4. The Kier molecular flexibility index (Phi) is 64.9. The minimum absolute atomic E-state index is 0.0294. The van der Waals surface area contributed by atoms with Crippen molar-refractivity contribution in [3.63, 3.8) is 0 Å². The van der Waals surface area contributed by atoms with Gasteiger partial charge in [-0.05, 0) is 83.5 Å². The Hall–Kier alpha value is -2.55. The van der Waals surface area contributed by atoms with Gasteiger partial charge >= 0.3 is 19.8 Å². The average molecular weight is 1230 g/mol. The smallest absolute Gasteiger partial charge is 0.462 e. The lowest BCUT2D eigenvalue weighted by molar-refractivity contribution is -0.870. The number of allylic oxidation sites excluding steroid dienone is 12. The van der Waals surface area contributed by atoms with Crippen LogP contribution in [0, 0.1) is 0 Å². The van der Waals surface area contributed by atoms with E-state index in [-0.39, 0.29) is 32.0 Å². The number of rotatable bonds is 68. The Morgan fingerprint density at radius 2 is 0.663 bits per heavy atom. The fourth-order valence-electron chi connectivity index (χ4n) is 10.6. The average Bonchev–Trinajstić information content (AvgIpc) is 3.70. The lowest BCUT2D eigenvalue weighted by Gasteiger charge is -2.24. The number of phosphoric acid groups is 1. The molecule has 0 aliphatic carbocycles. The number of hydrogen-bond donors (Lipinski definition) is 1. The zero-order valence-electron chi connectivity index (χ0n) is 57.3. The van der Waals surface area contributed by atoms with Crippen molar-refractivity contribution >= 4 is 19.8 Å². The van der Waals surface area contributed by atoms with E-state index in [2.05, 4.69) is 86.8 Å². The minimum atomic E-state index is -4.40. The highest BCUT2D eigenvalue weighted by Gasteiger charge is 2.27. The van der Waals surface area contributed by atoms with E-state index in [1.165, 1.54) is 238 Å². The number of phosphoric ester groups is 1. The molecule has 2 atom stereocenters. The topological polar surface area (TPSA) is 108 Å². The Balaban J connectivity index is 3.96. The Labute approximate surface area is 533 Å². The summed E-state index contributed by atoms with van der Waals surface area (Å²) in [6.45, 7) is 4.36. The maximum absolute atomic E-state index is 12.9. The van der Waals surface area contributed by atoms with Crippen molar-refractivity contribution in [3.8, 4) is 0 Å². The van der Waals surface area contributed by atoms with Crippen LogP contribution in [-0.2, 0) is 32.7 Å². The van der Waals surface area contributed by atoms with Crippen molar-refractivity contribution in [1.82, 2.24) is 0 Å². The molecule has 0 heterocycles. The first-order valence-corrected chi connectivity index (χ1v) is 38.2. The summed E-state index contributed by atoms with van der Waals surface area (Å²) >= 11 is 0. The molecule has 9 nitrogen and oxygen atoms in total. The fourth-order valence-corrected chi connectivity index (χ4v) is 11.4. The quantitative estimate of drug-likeness (QED) is 0.0211. The second-order valence-electron chi connectivity index (χ2n) is 25.9. The van der Waals surface area contributed by atoms with Crippen LogP contribution in [0.1, 0.15) is 348 Å². The summed E-state index contributed by atoms with van der Waals surface area (Å²) in [5.41, 5.74) is 0. The summed E-state index contributed by atoms with van der Waals surface area (Å²) in [5, 5.41) is 0. The number of carbonyl (C=O) groups excluding carboxylic acids is 2. The number of ether oxygens (including phenoxy) is 2. The van der Waals surface area contributed by atoms with Crippen molar-refractivity contribution in [1.29, 1.82) is 0 Å². The Morgan fingerprint density at radius 1 is 0.372 bits per heavy atom. The molecule has 0 saturated carbocycles. The summed E-state index contributed by atoms with van der Waals surface area (Å²) < 4.78 is 34.7. The Morgan fingerprint density at radius 3 is 1.00 bits per heavy atom. The van der Waals surface area contributed by atoms with Gasteiger partial charge < -0.3 is 18.9 Å². The monoisotopic (exact) mass is 1230 g/mol. The minimum Gasteiger partial charge on any atom is -0.462 e. The second kappa shape index (κ2) is 66.9. The van der Waals surface area contributed by atoms with Crippen LogP contribution in [0.5, 0.6) is 0 Å². The van der Waals surface area contributed by atoms with E-state index in [1.807, 2.05) is 21.1 Å². The largest absolute Gasteiger partial charge is 0.472 e. The molecule has 0 amide bonds. The molecule has 10 heteroatoms. The number of quaternary nitrogens is 1. The first-order chi connectivity index (χ1) is 42.0.